The van der Waals surface area contributed by atoms with Gasteiger partial charge in [-0.25, -0.2) is 9.78 Å². The van der Waals surface area contributed by atoms with Gasteiger partial charge in [-0.2, -0.15) is 0 Å². The van der Waals surface area contributed by atoms with Crippen LogP contribution in [0.3, 0.4) is 0 Å². The van der Waals surface area contributed by atoms with Crippen molar-refractivity contribution < 1.29 is 14.3 Å². The molecule has 0 unspecified atom stereocenters. The molecule has 2 aromatic carbocycles. The molecular weight excluding hydrogens is 454 g/mol. The van der Waals surface area contributed by atoms with Gasteiger partial charge in [0.25, 0.3) is 5.91 Å². The fraction of sp³-hybridized carbons (Fsp3) is 0.320. The average Bonchev–Trinajstić information content (AvgIpc) is 2.83. The van der Waals surface area contributed by atoms with Gasteiger partial charge >= 0.3 is 6.09 Å². The summed E-state index contributed by atoms with van der Waals surface area (Å²) in [5.74, 6) is -0.178. The number of benzene rings is 2. The monoisotopic (exact) mass is 481 g/mol. The van der Waals surface area contributed by atoms with Crippen molar-refractivity contribution in [2.75, 3.05) is 32.0 Å². The Hall–Kier alpha value is -3.36. The van der Waals surface area contributed by atoms with Crippen molar-refractivity contribution in [3.8, 4) is 11.3 Å². The Balaban J connectivity index is 1.59. The quantitative estimate of drug-likeness (QED) is 0.543. The molecule has 1 aliphatic rings. The average molecular weight is 482 g/mol. The van der Waals surface area contributed by atoms with Gasteiger partial charge in [-0.3, -0.25) is 9.69 Å². The first kappa shape index (κ1) is 23.8. The number of hydrogen-bond acceptors (Lipinski definition) is 6. The van der Waals surface area contributed by atoms with Crippen molar-refractivity contribution >= 4 is 40.2 Å². The Morgan fingerprint density at radius 1 is 1.21 bits per heavy atom. The molecule has 8 nitrogen and oxygen atoms in total. The summed E-state index contributed by atoms with van der Waals surface area (Å²) in [4.78, 5) is 33.3. The second-order valence-electron chi connectivity index (χ2n) is 8.38. The van der Waals surface area contributed by atoms with Crippen molar-refractivity contribution in [3.05, 3.63) is 58.6 Å². The number of rotatable bonds is 4. The van der Waals surface area contributed by atoms with Gasteiger partial charge in [0.1, 0.15) is 6.17 Å². The zero-order chi connectivity index (χ0) is 24.4. The molecule has 178 valence electrons. The van der Waals surface area contributed by atoms with Gasteiger partial charge in [0.15, 0.2) is 0 Å². The summed E-state index contributed by atoms with van der Waals surface area (Å²) in [7, 11) is 0. The van der Waals surface area contributed by atoms with Gasteiger partial charge in [0, 0.05) is 35.3 Å². The molecule has 3 aromatic rings. The second kappa shape index (κ2) is 9.87. The predicted molar refractivity (Wildman–Crippen MR) is 134 cm³/mol. The smallest absolute Gasteiger partial charge is 0.411 e. The SMILES string of the molecule is CCCOC(=O)N1CCN(C(=O)c2ccc3c(Cl)c(C)c(-c4cccc(N)c4)nc3c2)C[C@H]1N. The van der Waals surface area contributed by atoms with E-state index in [1.54, 1.807) is 17.0 Å². The zero-order valence-electron chi connectivity index (χ0n) is 19.3. The largest absolute Gasteiger partial charge is 0.449 e. The van der Waals surface area contributed by atoms with Crippen LogP contribution in [0.2, 0.25) is 5.02 Å². The summed E-state index contributed by atoms with van der Waals surface area (Å²) < 4.78 is 5.18. The molecule has 9 heteroatoms. The molecular formula is C25H28ClN5O3. The maximum atomic E-state index is 13.2. The molecule has 4 N–H and O–H groups in total. The number of carbonyl (C=O) groups is 2. The van der Waals surface area contributed by atoms with E-state index in [2.05, 4.69) is 0 Å². The number of fused-ring (bicyclic) bond motifs is 1. The van der Waals surface area contributed by atoms with Gasteiger partial charge in [-0.05, 0) is 43.2 Å². The fourth-order valence-corrected chi connectivity index (χ4v) is 4.35. The lowest BCUT2D eigenvalue weighted by molar-refractivity contribution is 0.0390. The summed E-state index contributed by atoms with van der Waals surface area (Å²) >= 11 is 6.67. The molecule has 1 aromatic heterocycles. The van der Waals surface area contributed by atoms with Crippen LogP contribution in [0.4, 0.5) is 10.5 Å². The molecule has 1 saturated heterocycles. The molecule has 1 atom stereocenters. The first-order valence-electron chi connectivity index (χ1n) is 11.2. The lowest BCUT2D eigenvalue weighted by Crippen LogP contribution is -2.60. The third kappa shape index (κ3) is 4.64. The number of aromatic nitrogens is 1. The van der Waals surface area contributed by atoms with Crippen LogP contribution in [0.5, 0.6) is 0 Å². The number of nitrogens with two attached hydrogens (primary N) is 2. The third-order valence-corrected chi connectivity index (χ3v) is 6.41. The van der Waals surface area contributed by atoms with E-state index in [1.165, 1.54) is 4.90 Å². The number of ether oxygens (including phenoxy) is 1. The first-order valence-corrected chi connectivity index (χ1v) is 11.6. The summed E-state index contributed by atoms with van der Waals surface area (Å²) in [6, 6.07) is 12.7. The highest BCUT2D eigenvalue weighted by atomic mass is 35.5. The number of nitrogens with zero attached hydrogens (tertiary/aromatic N) is 3. The molecule has 0 radical (unpaired) electrons. The topological polar surface area (TPSA) is 115 Å². The Kier molecular flexibility index (Phi) is 6.90. The van der Waals surface area contributed by atoms with Crippen LogP contribution in [-0.4, -0.2) is 59.2 Å². The lowest BCUT2D eigenvalue weighted by atomic mass is 10.0. The Labute approximate surface area is 203 Å². The van der Waals surface area contributed by atoms with Crippen LogP contribution >= 0.6 is 11.6 Å². The van der Waals surface area contributed by atoms with E-state index in [-0.39, 0.29) is 12.5 Å². The van der Waals surface area contributed by atoms with Crippen LogP contribution in [-0.2, 0) is 4.74 Å². The minimum atomic E-state index is -0.632. The van der Waals surface area contributed by atoms with E-state index in [4.69, 9.17) is 32.8 Å². The molecule has 1 aliphatic heterocycles. The Morgan fingerprint density at radius 3 is 2.71 bits per heavy atom. The lowest BCUT2D eigenvalue weighted by Gasteiger charge is -2.38. The van der Waals surface area contributed by atoms with E-state index in [0.717, 1.165) is 28.6 Å². The summed E-state index contributed by atoms with van der Waals surface area (Å²) in [6.07, 6.45) is -0.346. The normalized spacial score (nSPS) is 16.1. The maximum Gasteiger partial charge on any atom is 0.411 e. The van der Waals surface area contributed by atoms with Crippen LogP contribution in [0.15, 0.2) is 42.5 Å². The van der Waals surface area contributed by atoms with Crippen LogP contribution in [0.25, 0.3) is 22.2 Å². The number of piperazine rings is 1. The fourth-order valence-electron chi connectivity index (χ4n) is 4.10. The maximum absolute atomic E-state index is 13.2. The number of nitrogen functional groups attached to an aromatic ring is 1. The van der Waals surface area contributed by atoms with Crippen molar-refractivity contribution in [1.82, 2.24) is 14.8 Å². The number of amides is 2. The minimum Gasteiger partial charge on any atom is -0.449 e. The molecule has 1 fully saturated rings. The van der Waals surface area contributed by atoms with Crippen LogP contribution < -0.4 is 11.5 Å². The van der Waals surface area contributed by atoms with E-state index >= 15 is 0 Å². The molecule has 0 saturated carbocycles. The van der Waals surface area contributed by atoms with Crippen molar-refractivity contribution in [2.45, 2.75) is 26.4 Å². The summed E-state index contributed by atoms with van der Waals surface area (Å²) in [5.41, 5.74) is 16.3. The zero-order valence-corrected chi connectivity index (χ0v) is 20.0. The summed E-state index contributed by atoms with van der Waals surface area (Å²) in [6.45, 7) is 5.07. The highest BCUT2D eigenvalue weighted by Gasteiger charge is 2.31. The highest BCUT2D eigenvalue weighted by molar-refractivity contribution is 6.36. The van der Waals surface area contributed by atoms with Crippen molar-refractivity contribution in [1.29, 1.82) is 0 Å². The Bertz CT molecular complexity index is 1250. The number of anilines is 1. The molecule has 34 heavy (non-hydrogen) atoms. The van der Waals surface area contributed by atoms with Gasteiger partial charge < -0.3 is 21.1 Å². The molecule has 0 spiro atoms. The van der Waals surface area contributed by atoms with Crippen molar-refractivity contribution in [2.24, 2.45) is 5.73 Å². The third-order valence-electron chi connectivity index (χ3n) is 5.93. The van der Waals surface area contributed by atoms with Gasteiger partial charge in [-0.1, -0.05) is 36.7 Å². The first-order chi connectivity index (χ1) is 16.3. The van der Waals surface area contributed by atoms with Crippen molar-refractivity contribution in [3.63, 3.8) is 0 Å². The molecule has 0 bridgehead atoms. The number of halogens is 1. The second-order valence-corrected chi connectivity index (χ2v) is 8.76. The van der Waals surface area contributed by atoms with Gasteiger partial charge in [0.05, 0.1) is 29.4 Å². The molecule has 2 amide bonds. The van der Waals surface area contributed by atoms with Gasteiger partial charge in [0.2, 0.25) is 0 Å². The van der Waals surface area contributed by atoms with E-state index in [9.17, 15) is 9.59 Å². The molecule has 0 aliphatic carbocycles. The number of carbonyl (C=O) groups excluding carboxylic acids is 2. The standard InChI is InChI=1S/C25H28ClN5O3/c1-3-11-34-25(33)31-10-9-30(14-21(31)28)24(32)17-7-8-19-20(13-17)29-23(15(2)22(19)26)16-5-4-6-18(27)12-16/h4-8,12-13,21H,3,9-11,14,27-28H2,1-2H3/t21-/m0/s1. The predicted octanol–water partition coefficient (Wildman–Crippen LogP) is 4.04. The Morgan fingerprint density at radius 2 is 2.00 bits per heavy atom. The number of pyridine rings is 1. The summed E-state index contributed by atoms with van der Waals surface area (Å²) in [5, 5.41) is 1.35. The van der Waals surface area contributed by atoms with Crippen LogP contribution in [0.1, 0.15) is 29.3 Å². The van der Waals surface area contributed by atoms with Crippen LogP contribution in [0, 0.1) is 6.92 Å². The van der Waals surface area contributed by atoms with Gasteiger partial charge in [-0.15, -0.1) is 0 Å². The molecule has 4 rings (SSSR count). The van der Waals surface area contributed by atoms with E-state index < -0.39 is 12.3 Å². The van der Waals surface area contributed by atoms with E-state index in [1.807, 2.05) is 44.2 Å². The number of hydrogen-bond donors (Lipinski definition) is 2. The molecule has 2 heterocycles. The minimum absolute atomic E-state index is 0.178. The van der Waals surface area contributed by atoms with E-state index in [0.29, 0.717) is 41.5 Å². The highest BCUT2D eigenvalue weighted by Crippen LogP contribution is 2.34.